The van der Waals surface area contributed by atoms with Crippen LogP contribution in [0.4, 0.5) is 0 Å². The number of hydrogen-bond acceptors (Lipinski definition) is 4. The summed E-state index contributed by atoms with van der Waals surface area (Å²) >= 11 is 12.4. The number of nitrogens with one attached hydrogen (secondary N) is 1. The average molecular weight is 346 g/mol. The van der Waals surface area contributed by atoms with Gasteiger partial charge in [0.15, 0.2) is 0 Å². The molecule has 19 heavy (non-hydrogen) atoms. The van der Waals surface area contributed by atoms with Gasteiger partial charge >= 0.3 is 5.97 Å². The summed E-state index contributed by atoms with van der Waals surface area (Å²) in [4.78, 5) is 10.8. The average Bonchev–Trinajstić information content (AvgIpc) is 2.64. The molecule has 9 heteroatoms. The Morgan fingerprint density at radius 1 is 1.53 bits per heavy atom. The van der Waals surface area contributed by atoms with Gasteiger partial charge < -0.3 is 5.11 Å². The first-order valence-corrected chi connectivity index (χ1v) is 8.53. The number of carboxylic acids is 1. The fraction of sp³-hybridized carbons (Fsp3) is 0.500. The number of sulfonamides is 1. The summed E-state index contributed by atoms with van der Waals surface area (Å²) in [6.07, 6.45) is 1.61. The third-order valence-corrected chi connectivity index (χ3v) is 5.58. The molecule has 0 aliphatic rings. The van der Waals surface area contributed by atoms with E-state index in [2.05, 4.69) is 4.72 Å². The Bertz CT molecular complexity index is 556. The summed E-state index contributed by atoms with van der Waals surface area (Å²) in [5.41, 5.74) is 0. The monoisotopic (exact) mass is 345 g/mol. The highest BCUT2D eigenvalue weighted by molar-refractivity contribution is 7.89. The van der Waals surface area contributed by atoms with Crippen molar-refractivity contribution in [3.8, 4) is 0 Å². The Morgan fingerprint density at radius 3 is 2.58 bits per heavy atom. The third kappa shape index (κ3) is 4.61. The number of thiophene rings is 1. The molecular formula is C10H13Cl2NO4S2. The minimum atomic E-state index is -3.98. The highest BCUT2D eigenvalue weighted by Crippen LogP contribution is 2.34. The first kappa shape index (κ1) is 16.7. The predicted octanol–water partition coefficient (Wildman–Crippen LogP) is 2.98. The molecule has 1 heterocycles. The van der Waals surface area contributed by atoms with Gasteiger partial charge in [-0.15, -0.1) is 11.3 Å². The molecule has 0 aliphatic heterocycles. The van der Waals surface area contributed by atoms with Crippen molar-refractivity contribution in [3.63, 3.8) is 0 Å². The second-order valence-corrected chi connectivity index (χ2v) is 7.81. The van der Waals surface area contributed by atoms with Crippen molar-refractivity contribution >= 4 is 50.5 Å². The van der Waals surface area contributed by atoms with Crippen molar-refractivity contribution in [3.05, 3.63) is 14.7 Å². The minimum absolute atomic E-state index is 0.0112. The maximum absolute atomic E-state index is 12.0. The van der Waals surface area contributed by atoms with Crippen LogP contribution in [-0.4, -0.2) is 25.5 Å². The van der Waals surface area contributed by atoms with Crippen molar-refractivity contribution in [2.75, 3.05) is 0 Å². The van der Waals surface area contributed by atoms with Crippen molar-refractivity contribution < 1.29 is 18.3 Å². The zero-order chi connectivity index (χ0) is 14.6. The van der Waals surface area contributed by atoms with Gasteiger partial charge in [0.05, 0.1) is 4.34 Å². The molecule has 0 amide bonds. The van der Waals surface area contributed by atoms with E-state index in [9.17, 15) is 13.2 Å². The topological polar surface area (TPSA) is 83.5 Å². The summed E-state index contributed by atoms with van der Waals surface area (Å²) < 4.78 is 26.4. The van der Waals surface area contributed by atoms with Gasteiger partial charge in [-0.1, -0.05) is 43.0 Å². The number of carboxylic acid groups (broad SMARTS) is 1. The molecule has 1 aromatic rings. The number of hydrogen-bond donors (Lipinski definition) is 2. The smallest absolute Gasteiger partial charge is 0.321 e. The Labute approximate surface area is 125 Å². The van der Waals surface area contributed by atoms with Crippen LogP contribution < -0.4 is 4.72 Å². The van der Waals surface area contributed by atoms with Crippen LogP contribution in [0.1, 0.15) is 26.2 Å². The number of halogens is 2. The van der Waals surface area contributed by atoms with E-state index in [1.807, 2.05) is 6.92 Å². The Morgan fingerprint density at radius 2 is 2.16 bits per heavy atom. The van der Waals surface area contributed by atoms with Gasteiger partial charge in [0.2, 0.25) is 10.0 Å². The predicted molar refractivity (Wildman–Crippen MR) is 75.6 cm³/mol. The van der Waals surface area contributed by atoms with E-state index in [1.165, 1.54) is 6.07 Å². The first-order chi connectivity index (χ1) is 8.77. The first-order valence-electron chi connectivity index (χ1n) is 5.48. The fourth-order valence-corrected chi connectivity index (χ4v) is 4.77. The van der Waals surface area contributed by atoms with Crippen molar-refractivity contribution in [1.82, 2.24) is 4.72 Å². The van der Waals surface area contributed by atoms with Crippen LogP contribution in [0.25, 0.3) is 0 Å². The minimum Gasteiger partial charge on any atom is -0.480 e. The standard InChI is InChI=1S/C10H13Cl2NO4S2/c1-2-3-4-6(10(14)15)13-19(16,17)7-5-8(11)18-9(7)12/h5-6,13H,2-4H2,1H3,(H,14,15)/t6-/m0/s1. The molecule has 0 radical (unpaired) electrons. The molecule has 0 saturated carbocycles. The van der Waals surface area contributed by atoms with Gasteiger partial charge in [0.1, 0.15) is 15.3 Å². The van der Waals surface area contributed by atoms with E-state index in [4.69, 9.17) is 28.3 Å². The van der Waals surface area contributed by atoms with Gasteiger partial charge in [-0.05, 0) is 12.5 Å². The van der Waals surface area contributed by atoms with E-state index in [-0.39, 0.29) is 20.0 Å². The lowest BCUT2D eigenvalue weighted by molar-refractivity contribution is -0.139. The molecular weight excluding hydrogens is 333 g/mol. The largest absolute Gasteiger partial charge is 0.480 e. The lowest BCUT2D eigenvalue weighted by Gasteiger charge is -2.13. The maximum atomic E-state index is 12.0. The molecule has 0 aromatic carbocycles. The molecule has 5 nitrogen and oxygen atoms in total. The van der Waals surface area contributed by atoms with Crippen molar-refractivity contribution in [2.45, 2.75) is 37.1 Å². The second kappa shape index (κ2) is 6.90. The zero-order valence-electron chi connectivity index (χ0n) is 10.0. The number of unbranched alkanes of at least 4 members (excludes halogenated alkanes) is 1. The highest BCUT2D eigenvalue weighted by atomic mass is 35.5. The quantitative estimate of drug-likeness (QED) is 0.795. The van der Waals surface area contributed by atoms with Gasteiger partial charge in [0.25, 0.3) is 0 Å². The Balaban J connectivity index is 2.94. The van der Waals surface area contributed by atoms with Crippen LogP contribution >= 0.6 is 34.5 Å². The third-order valence-electron chi connectivity index (χ3n) is 2.36. The molecule has 0 saturated heterocycles. The van der Waals surface area contributed by atoms with Crippen LogP contribution in [-0.2, 0) is 14.8 Å². The summed E-state index contributed by atoms with van der Waals surface area (Å²) in [5, 5.41) is 9.00. The Kier molecular flexibility index (Phi) is 6.07. The van der Waals surface area contributed by atoms with Gasteiger partial charge in [-0.2, -0.15) is 4.72 Å². The van der Waals surface area contributed by atoms with Gasteiger partial charge in [-0.3, -0.25) is 4.79 Å². The number of aliphatic carboxylic acids is 1. The van der Waals surface area contributed by atoms with Crippen molar-refractivity contribution in [2.24, 2.45) is 0 Å². The molecule has 108 valence electrons. The summed E-state index contributed by atoms with van der Waals surface area (Å²) in [6, 6.07) is 0.0370. The van der Waals surface area contributed by atoms with Crippen LogP contribution in [0.15, 0.2) is 11.0 Å². The molecule has 0 spiro atoms. The summed E-state index contributed by atoms with van der Waals surface area (Å²) in [6.45, 7) is 1.89. The molecule has 1 atom stereocenters. The molecule has 1 aromatic heterocycles. The zero-order valence-corrected chi connectivity index (χ0v) is 13.2. The molecule has 0 aliphatic carbocycles. The molecule has 0 unspecified atom stereocenters. The summed E-state index contributed by atoms with van der Waals surface area (Å²) in [5.74, 6) is -1.21. The number of rotatable bonds is 7. The Hall–Kier alpha value is -0.340. The van der Waals surface area contributed by atoms with E-state index < -0.39 is 22.0 Å². The highest BCUT2D eigenvalue weighted by Gasteiger charge is 2.27. The molecule has 0 bridgehead atoms. The van der Waals surface area contributed by atoms with E-state index in [0.717, 1.165) is 17.8 Å². The lowest BCUT2D eigenvalue weighted by atomic mass is 10.1. The van der Waals surface area contributed by atoms with Gasteiger partial charge in [0, 0.05) is 0 Å². The summed E-state index contributed by atoms with van der Waals surface area (Å²) in [7, 11) is -3.98. The molecule has 1 rings (SSSR count). The lowest BCUT2D eigenvalue weighted by Crippen LogP contribution is -2.40. The molecule has 0 fully saturated rings. The van der Waals surface area contributed by atoms with Crippen LogP contribution in [0, 0.1) is 0 Å². The number of carbonyl (C=O) groups is 1. The van der Waals surface area contributed by atoms with E-state index >= 15 is 0 Å². The SMILES string of the molecule is CCCC[C@H](NS(=O)(=O)c1cc(Cl)sc1Cl)C(=O)O. The van der Waals surface area contributed by atoms with Crippen LogP contribution in [0.2, 0.25) is 8.67 Å². The second-order valence-electron chi connectivity index (χ2n) is 3.84. The molecule has 2 N–H and O–H groups in total. The van der Waals surface area contributed by atoms with Crippen LogP contribution in [0.3, 0.4) is 0 Å². The van der Waals surface area contributed by atoms with Gasteiger partial charge in [-0.25, -0.2) is 8.42 Å². The van der Waals surface area contributed by atoms with E-state index in [1.54, 1.807) is 0 Å². The van der Waals surface area contributed by atoms with E-state index in [0.29, 0.717) is 6.42 Å². The maximum Gasteiger partial charge on any atom is 0.321 e. The fourth-order valence-electron chi connectivity index (χ4n) is 1.40. The normalized spacial score (nSPS) is 13.4. The van der Waals surface area contributed by atoms with Crippen molar-refractivity contribution in [1.29, 1.82) is 0 Å². The van der Waals surface area contributed by atoms with Crippen LogP contribution in [0.5, 0.6) is 0 Å².